The summed E-state index contributed by atoms with van der Waals surface area (Å²) in [6.07, 6.45) is 1.66. The van der Waals surface area contributed by atoms with Crippen molar-refractivity contribution in [3.8, 4) is 5.75 Å². The highest BCUT2D eigenvalue weighted by atomic mass is 35.5. The van der Waals surface area contributed by atoms with Gasteiger partial charge in [0, 0.05) is 22.0 Å². The van der Waals surface area contributed by atoms with Gasteiger partial charge in [0.15, 0.2) is 0 Å². The number of rotatable bonds is 8. The molecule has 0 heterocycles. The third-order valence-electron chi connectivity index (χ3n) is 3.05. The van der Waals surface area contributed by atoms with E-state index < -0.39 is 0 Å². The minimum absolute atomic E-state index is 0.160. The summed E-state index contributed by atoms with van der Waals surface area (Å²) in [5.74, 6) is 0.737. The Morgan fingerprint density at radius 3 is 2.71 bits per heavy atom. The minimum atomic E-state index is -0.356. The summed E-state index contributed by atoms with van der Waals surface area (Å²) in [4.78, 5) is 11.9. The summed E-state index contributed by atoms with van der Waals surface area (Å²) in [6.45, 7) is 4.01. The predicted molar refractivity (Wildman–Crippen MR) is 98.3 cm³/mol. The van der Waals surface area contributed by atoms with Crippen LogP contribution in [0.2, 0.25) is 5.02 Å². The number of anilines is 1. The number of nitrogens with one attached hydrogen (secondary N) is 1. The van der Waals surface area contributed by atoms with E-state index in [0.717, 1.165) is 0 Å². The molecule has 0 saturated heterocycles. The number of benzene rings is 2. The number of ether oxygens (including phenoxy) is 1. The van der Waals surface area contributed by atoms with Gasteiger partial charge in [0.1, 0.15) is 18.2 Å². The van der Waals surface area contributed by atoms with Gasteiger partial charge < -0.3 is 10.1 Å². The van der Waals surface area contributed by atoms with Gasteiger partial charge in [-0.15, -0.1) is 11.8 Å². The van der Waals surface area contributed by atoms with Crippen molar-refractivity contribution in [2.45, 2.75) is 5.75 Å². The van der Waals surface area contributed by atoms with Crippen LogP contribution in [0.4, 0.5) is 10.1 Å². The van der Waals surface area contributed by atoms with Crippen LogP contribution in [0.3, 0.4) is 0 Å². The van der Waals surface area contributed by atoms with Crippen LogP contribution < -0.4 is 10.1 Å². The van der Waals surface area contributed by atoms with Crippen molar-refractivity contribution in [3.63, 3.8) is 0 Å². The fraction of sp³-hybridized carbons (Fsp3) is 0.167. The maximum atomic E-state index is 13.6. The van der Waals surface area contributed by atoms with Gasteiger partial charge in [-0.05, 0) is 36.4 Å². The molecule has 0 unspecified atom stereocenters. The van der Waals surface area contributed by atoms with Gasteiger partial charge in [0.2, 0.25) is 5.91 Å². The van der Waals surface area contributed by atoms with E-state index in [-0.39, 0.29) is 17.5 Å². The summed E-state index contributed by atoms with van der Waals surface area (Å²) in [7, 11) is 0. The zero-order valence-corrected chi connectivity index (χ0v) is 14.5. The Labute approximate surface area is 149 Å². The fourth-order valence-corrected chi connectivity index (χ4v) is 3.07. The first-order chi connectivity index (χ1) is 11.6. The van der Waals surface area contributed by atoms with E-state index >= 15 is 0 Å². The Kier molecular flexibility index (Phi) is 7.15. The lowest BCUT2D eigenvalue weighted by molar-refractivity contribution is -0.113. The molecule has 0 atom stereocenters. The van der Waals surface area contributed by atoms with Crippen molar-refractivity contribution in [3.05, 3.63) is 71.5 Å². The second-order valence-corrected chi connectivity index (χ2v) is 6.26. The van der Waals surface area contributed by atoms with Crippen molar-refractivity contribution in [1.82, 2.24) is 0 Å². The summed E-state index contributed by atoms with van der Waals surface area (Å²) in [5, 5.41) is 3.15. The molecule has 2 aromatic carbocycles. The SMILES string of the molecule is C=CCOc1ccc(NC(=O)CSCc2c(F)cccc2Cl)cc1. The Morgan fingerprint density at radius 1 is 1.29 bits per heavy atom. The number of carbonyl (C=O) groups is 1. The molecule has 126 valence electrons. The van der Waals surface area contributed by atoms with Crippen LogP contribution in [-0.2, 0) is 10.5 Å². The molecule has 0 spiro atoms. The van der Waals surface area contributed by atoms with Gasteiger partial charge in [0.25, 0.3) is 0 Å². The predicted octanol–water partition coefficient (Wildman–Crippen LogP) is 4.92. The van der Waals surface area contributed by atoms with Crippen molar-refractivity contribution >= 4 is 35.0 Å². The number of hydrogen-bond acceptors (Lipinski definition) is 3. The molecule has 0 fully saturated rings. The lowest BCUT2D eigenvalue weighted by Gasteiger charge is -2.08. The van der Waals surface area contributed by atoms with E-state index in [0.29, 0.717) is 34.4 Å². The molecular weight excluding hydrogens is 349 g/mol. The van der Waals surface area contributed by atoms with Crippen molar-refractivity contribution in [1.29, 1.82) is 0 Å². The number of thioether (sulfide) groups is 1. The summed E-state index contributed by atoms with van der Waals surface area (Å²) in [6, 6.07) is 11.6. The Morgan fingerprint density at radius 2 is 2.04 bits per heavy atom. The molecule has 0 aliphatic rings. The third kappa shape index (κ3) is 5.58. The molecule has 1 amide bonds. The number of hydrogen-bond donors (Lipinski definition) is 1. The molecule has 3 nitrogen and oxygen atoms in total. The second-order valence-electron chi connectivity index (χ2n) is 4.87. The number of carbonyl (C=O) groups excluding carboxylic acids is 1. The van der Waals surface area contributed by atoms with Crippen molar-refractivity contribution in [2.75, 3.05) is 17.7 Å². The van der Waals surface area contributed by atoms with Crippen LogP contribution in [0.1, 0.15) is 5.56 Å². The smallest absolute Gasteiger partial charge is 0.234 e. The topological polar surface area (TPSA) is 38.3 Å². The van der Waals surface area contributed by atoms with E-state index in [1.807, 2.05) is 0 Å². The van der Waals surface area contributed by atoms with E-state index in [1.54, 1.807) is 42.5 Å². The zero-order chi connectivity index (χ0) is 17.4. The first kappa shape index (κ1) is 18.4. The van der Waals surface area contributed by atoms with Gasteiger partial charge >= 0.3 is 0 Å². The van der Waals surface area contributed by atoms with Crippen molar-refractivity contribution < 1.29 is 13.9 Å². The van der Waals surface area contributed by atoms with E-state index in [4.69, 9.17) is 16.3 Å². The van der Waals surface area contributed by atoms with Crippen LogP contribution in [0.25, 0.3) is 0 Å². The molecule has 0 aliphatic carbocycles. The van der Waals surface area contributed by atoms with Crippen LogP contribution in [0, 0.1) is 5.82 Å². The van der Waals surface area contributed by atoms with Gasteiger partial charge in [-0.25, -0.2) is 4.39 Å². The van der Waals surface area contributed by atoms with Gasteiger partial charge in [0.05, 0.1) is 5.75 Å². The average molecular weight is 366 g/mol. The summed E-state index contributed by atoms with van der Waals surface area (Å²) < 4.78 is 19.0. The quantitative estimate of drug-likeness (QED) is 0.675. The molecule has 2 aromatic rings. The van der Waals surface area contributed by atoms with E-state index in [9.17, 15) is 9.18 Å². The monoisotopic (exact) mass is 365 g/mol. The van der Waals surface area contributed by atoms with Crippen LogP contribution in [-0.4, -0.2) is 18.3 Å². The van der Waals surface area contributed by atoms with Crippen LogP contribution in [0.5, 0.6) is 5.75 Å². The highest BCUT2D eigenvalue weighted by molar-refractivity contribution is 7.99. The molecule has 0 aromatic heterocycles. The maximum Gasteiger partial charge on any atom is 0.234 e. The Balaban J connectivity index is 1.80. The lowest BCUT2D eigenvalue weighted by atomic mass is 10.2. The molecule has 1 N–H and O–H groups in total. The first-order valence-corrected chi connectivity index (χ1v) is 8.77. The molecule has 2 rings (SSSR count). The highest BCUT2D eigenvalue weighted by Gasteiger charge is 2.09. The van der Waals surface area contributed by atoms with E-state index in [1.165, 1.54) is 17.8 Å². The highest BCUT2D eigenvalue weighted by Crippen LogP contribution is 2.24. The van der Waals surface area contributed by atoms with Gasteiger partial charge in [-0.3, -0.25) is 4.79 Å². The largest absolute Gasteiger partial charge is 0.490 e. The molecule has 0 radical (unpaired) electrons. The fourth-order valence-electron chi connectivity index (χ4n) is 1.90. The lowest BCUT2D eigenvalue weighted by Crippen LogP contribution is -2.14. The van der Waals surface area contributed by atoms with E-state index in [2.05, 4.69) is 11.9 Å². The molecule has 0 saturated carbocycles. The second kappa shape index (κ2) is 9.35. The zero-order valence-electron chi connectivity index (χ0n) is 12.9. The average Bonchev–Trinajstić information content (AvgIpc) is 2.57. The van der Waals surface area contributed by atoms with Gasteiger partial charge in [-0.2, -0.15) is 0 Å². The van der Waals surface area contributed by atoms with Crippen molar-refractivity contribution in [2.24, 2.45) is 0 Å². The summed E-state index contributed by atoms with van der Waals surface area (Å²) in [5.41, 5.74) is 1.09. The number of halogens is 2. The normalized spacial score (nSPS) is 10.2. The molecule has 24 heavy (non-hydrogen) atoms. The third-order valence-corrected chi connectivity index (χ3v) is 4.36. The minimum Gasteiger partial charge on any atom is -0.490 e. The van der Waals surface area contributed by atoms with Gasteiger partial charge in [-0.1, -0.05) is 30.3 Å². The number of amides is 1. The van der Waals surface area contributed by atoms with Crippen LogP contribution in [0.15, 0.2) is 55.1 Å². The molecule has 0 bridgehead atoms. The Bertz CT molecular complexity index is 686. The summed E-state index contributed by atoms with van der Waals surface area (Å²) >= 11 is 7.26. The Hall–Kier alpha value is -1.98. The standard InChI is InChI=1S/C18H17ClFNO2S/c1-2-10-23-14-8-6-13(7-9-14)21-18(22)12-24-11-15-16(19)4-3-5-17(15)20/h2-9H,1,10-12H2,(H,21,22). The molecular formula is C18H17ClFNO2S. The first-order valence-electron chi connectivity index (χ1n) is 7.24. The maximum absolute atomic E-state index is 13.6. The molecule has 0 aliphatic heterocycles. The molecule has 6 heteroatoms. The van der Waals surface area contributed by atoms with Crippen LogP contribution >= 0.6 is 23.4 Å².